The molecular weight excluding hydrogens is 319 g/mol. The highest BCUT2D eigenvalue weighted by Gasteiger charge is 2.29. The lowest BCUT2D eigenvalue weighted by molar-refractivity contribution is 0.605. The van der Waals surface area contributed by atoms with Crippen molar-refractivity contribution in [1.82, 2.24) is 15.0 Å². The molecular formula is C18H17FN6. The third kappa shape index (κ3) is 2.66. The summed E-state index contributed by atoms with van der Waals surface area (Å²) in [4.78, 5) is 15.9. The zero-order valence-electron chi connectivity index (χ0n) is 13.8. The molecule has 1 atom stereocenters. The smallest absolute Gasteiger partial charge is 0.147 e. The number of nitrogens with zero attached hydrogens (tertiary/aromatic N) is 5. The number of fused-ring (bicyclic) bond motifs is 1. The molecule has 0 spiro atoms. The van der Waals surface area contributed by atoms with Gasteiger partial charge in [-0.05, 0) is 30.7 Å². The lowest BCUT2D eigenvalue weighted by atomic mass is 10.1. The average Bonchev–Trinajstić information content (AvgIpc) is 3.30. The van der Waals surface area contributed by atoms with Gasteiger partial charge >= 0.3 is 0 Å². The van der Waals surface area contributed by atoms with Gasteiger partial charge in [-0.25, -0.2) is 14.4 Å². The minimum atomic E-state index is -0.366. The molecule has 7 heteroatoms. The van der Waals surface area contributed by atoms with E-state index in [2.05, 4.69) is 19.9 Å². The van der Waals surface area contributed by atoms with Crippen molar-refractivity contribution in [2.24, 2.45) is 0 Å². The topological polar surface area (TPSA) is 71.8 Å². The van der Waals surface area contributed by atoms with Crippen molar-refractivity contribution in [3.63, 3.8) is 0 Å². The molecule has 6 nitrogen and oxygen atoms in total. The van der Waals surface area contributed by atoms with Gasteiger partial charge in [-0.3, -0.25) is 0 Å². The van der Waals surface area contributed by atoms with Gasteiger partial charge < -0.3 is 14.8 Å². The van der Waals surface area contributed by atoms with Crippen LogP contribution in [0.2, 0.25) is 0 Å². The maximum Gasteiger partial charge on any atom is 0.147 e. The molecule has 1 aromatic carbocycles. The molecule has 0 amide bonds. The van der Waals surface area contributed by atoms with Crippen LogP contribution in [0.25, 0.3) is 11.0 Å². The Bertz CT molecular complexity index is 960. The van der Waals surface area contributed by atoms with E-state index in [0.29, 0.717) is 11.3 Å². The zero-order chi connectivity index (χ0) is 17.4. The average molecular weight is 336 g/mol. The summed E-state index contributed by atoms with van der Waals surface area (Å²) in [6.45, 7) is 1.61. The SMILES string of the molecule is CN(c1ccc(C#N)cc1F)C1CCN(c2ncnc3[nH]ccc23)C1. The van der Waals surface area contributed by atoms with E-state index >= 15 is 0 Å². The second-order valence-electron chi connectivity index (χ2n) is 6.21. The predicted octanol–water partition coefficient (Wildman–Crippen LogP) is 2.68. The van der Waals surface area contributed by atoms with Gasteiger partial charge in [0.1, 0.15) is 23.6 Å². The first-order valence-electron chi connectivity index (χ1n) is 8.13. The Hall–Kier alpha value is -3.14. The zero-order valence-corrected chi connectivity index (χ0v) is 13.8. The van der Waals surface area contributed by atoms with Crippen LogP contribution in [0, 0.1) is 17.1 Å². The van der Waals surface area contributed by atoms with Crippen LogP contribution < -0.4 is 9.80 Å². The number of hydrogen-bond donors (Lipinski definition) is 1. The number of likely N-dealkylation sites (N-methyl/N-ethyl adjacent to an activating group) is 1. The third-order valence-corrected chi connectivity index (χ3v) is 4.80. The standard InChI is InChI=1S/C18H17FN6/c1-24(16-3-2-12(9-20)8-15(16)19)13-5-7-25(10-13)18-14-4-6-21-17(14)22-11-23-18/h2-4,6,8,11,13H,5,7,10H2,1H3,(H,21,22,23). The summed E-state index contributed by atoms with van der Waals surface area (Å²) in [7, 11) is 1.89. The van der Waals surface area contributed by atoms with Gasteiger partial charge in [0, 0.05) is 32.4 Å². The van der Waals surface area contributed by atoms with E-state index in [-0.39, 0.29) is 11.9 Å². The largest absolute Gasteiger partial charge is 0.367 e. The number of H-pyrrole nitrogens is 1. The third-order valence-electron chi connectivity index (χ3n) is 4.80. The fourth-order valence-corrected chi connectivity index (χ4v) is 3.42. The summed E-state index contributed by atoms with van der Waals surface area (Å²) >= 11 is 0. The first-order valence-corrected chi connectivity index (χ1v) is 8.13. The van der Waals surface area contributed by atoms with Crippen LogP contribution in [0.15, 0.2) is 36.8 Å². The van der Waals surface area contributed by atoms with Crippen molar-refractivity contribution >= 4 is 22.5 Å². The monoisotopic (exact) mass is 336 g/mol. The van der Waals surface area contributed by atoms with Crippen molar-refractivity contribution in [1.29, 1.82) is 5.26 Å². The molecule has 1 saturated heterocycles. The Balaban J connectivity index is 1.56. The summed E-state index contributed by atoms with van der Waals surface area (Å²) < 4.78 is 14.3. The predicted molar refractivity (Wildman–Crippen MR) is 94.0 cm³/mol. The first kappa shape index (κ1) is 15.4. The van der Waals surface area contributed by atoms with Crippen LogP contribution >= 0.6 is 0 Å². The number of nitriles is 1. The highest BCUT2D eigenvalue weighted by Crippen LogP contribution is 2.29. The van der Waals surface area contributed by atoms with Gasteiger partial charge in [0.2, 0.25) is 0 Å². The van der Waals surface area contributed by atoms with Gasteiger partial charge in [0.05, 0.1) is 22.7 Å². The van der Waals surface area contributed by atoms with Gasteiger partial charge in [0.25, 0.3) is 0 Å². The van der Waals surface area contributed by atoms with Crippen molar-refractivity contribution in [2.45, 2.75) is 12.5 Å². The molecule has 4 rings (SSSR count). The van der Waals surface area contributed by atoms with Crippen molar-refractivity contribution < 1.29 is 4.39 Å². The Kier molecular flexibility index (Phi) is 3.73. The minimum Gasteiger partial charge on any atom is -0.367 e. The van der Waals surface area contributed by atoms with E-state index in [9.17, 15) is 4.39 Å². The summed E-state index contributed by atoms with van der Waals surface area (Å²) in [5.74, 6) is 0.539. The molecule has 126 valence electrons. The van der Waals surface area contributed by atoms with Crippen LogP contribution in [0.3, 0.4) is 0 Å². The van der Waals surface area contributed by atoms with Crippen LogP contribution in [0.5, 0.6) is 0 Å². The van der Waals surface area contributed by atoms with E-state index in [0.717, 1.165) is 36.4 Å². The molecule has 25 heavy (non-hydrogen) atoms. The van der Waals surface area contributed by atoms with Crippen LogP contribution in [-0.4, -0.2) is 41.1 Å². The second kappa shape index (κ2) is 6.06. The number of benzene rings is 1. The number of nitrogens with one attached hydrogen (secondary N) is 1. The van der Waals surface area contributed by atoms with Crippen molar-refractivity contribution in [3.8, 4) is 6.07 Å². The van der Waals surface area contributed by atoms with Gasteiger partial charge in [-0.15, -0.1) is 0 Å². The van der Waals surface area contributed by atoms with Crippen LogP contribution in [0.1, 0.15) is 12.0 Å². The molecule has 0 radical (unpaired) electrons. The van der Waals surface area contributed by atoms with Gasteiger partial charge in [-0.1, -0.05) is 0 Å². The Morgan fingerprint density at radius 2 is 2.24 bits per heavy atom. The molecule has 3 aromatic rings. The summed E-state index contributed by atoms with van der Waals surface area (Å²) in [5, 5.41) is 9.88. The van der Waals surface area contributed by atoms with Crippen LogP contribution in [-0.2, 0) is 0 Å². The molecule has 1 aliphatic heterocycles. The number of hydrogen-bond acceptors (Lipinski definition) is 5. The van der Waals surface area contributed by atoms with E-state index in [4.69, 9.17) is 5.26 Å². The maximum absolute atomic E-state index is 14.3. The fraction of sp³-hybridized carbons (Fsp3) is 0.278. The molecule has 3 heterocycles. The fourth-order valence-electron chi connectivity index (χ4n) is 3.42. The van der Waals surface area contributed by atoms with E-state index < -0.39 is 0 Å². The first-order chi connectivity index (χ1) is 12.2. The number of halogens is 1. The van der Waals surface area contributed by atoms with E-state index in [1.54, 1.807) is 18.5 Å². The van der Waals surface area contributed by atoms with E-state index in [1.165, 1.54) is 6.07 Å². The summed E-state index contributed by atoms with van der Waals surface area (Å²) in [5.41, 5.74) is 1.67. The number of aromatic nitrogens is 3. The summed E-state index contributed by atoms with van der Waals surface area (Å²) in [6, 6.07) is 8.71. The maximum atomic E-state index is 14.3. The quantitative estimate of drug-likeness (QED) is 0.796. The normalized spacial score (nSPS) is 17.0. The molecule has 1 aliphatic rings. The van der Waals surface area contributed by atoms with Gasteiger partial charge in [0.15, 0.2) is 0 Å². The number of rotatable bonds is 3. The molecule has 1 fully saturated rings. The van der Waals surface area contributed by atoms with Crippen molar-refractivity contribution in [3.05, 3.63) is 48.2 Å². The summed E-state index contributed by atoms with van der Waals surface area (Å²) in [6.07, 6.45) is 4.33. The van der Waals surface area contributed by atoms with Crippen LogP contribution in [0.4, 0.5) is 15.9 Å². The Morgan fingerprint density at radius 3 is 3.04 bits per heavy atom. The Labute approximate surface area is 144 Å². The lowest BCUT2D eigenvalue weighted by Crippen LogP contribution is -2.35. The molecule has 0 aliphatic carbocycles. The lowest BCUT2D eigenvalue weighted by Gasteiger charge is -2.27. The van der Waals surface area contributed by atoms with Gasteiger partial charge in [-0.2, -0.15) is 5.26 Å². The Morgan fingerprint density at radius 1 is 1.36 bits per heavy atom. The highest BCUT2D eigenvalue weighted by atomic mass is 19.1. The second-order valence-corrected chi connectivity index (χ2v) is 6.21. The molecule has 0 bridgehead atoms. The molecule has 1 unspecified atom stereocenters. The minimum absolute atomic E-state index is 0.173. The molecule has 0 saturated carbocycles. The van der Waals surface area contributed by atoms with E-state index in [1.807, 2.05) is 30.3 Å². The number of aromatic amines is 1. The molecule has 1 N–H and O–H groups in total. The molecule has 2 aromatic heterocycles. The number of anilines is 2. The highest BCUT2D eigenvalue weighted by molar-refractivity contribution is 5.87. The van der Waals surface area contributed by atoms with Crippen molar-refractivity contribution in [2.75, 3.05) is 29.9 Å².